The van der Waals surface area contributed by atoms with Gasteiger partial charge in [-0.1, -0.05) is 0 Å². The van der Waals surface area contributed by atoms with E-state index in [1.165, 1.54) is 0 Å². The summed E-state index contributed by atoms with van der Waals surface area (Å²) in [7, 11) is -8.02. The van der Waals surface area contributed by atoms with Gasteiger partial charge in [0.1, 0.15) is 11.6 Å². The number of sulfone groups is 1. The summed E-state index contributed by atoms with van der Waals surface area (Å²) in [5.74, 6) is -1.60. The lowest BCUT2D eigenvalue weighted by Gasteiger charge is -2.04. The molecule has 108 valence electrons. The Morgan fingerprint density at radius 3 is 2.30 bits per heavy atom. The molecular formula is C9H9N3O6S2. The number of primary sulfonamides is 1. The van der Waals surface area contributed by atoms with Crippen LogP contribution in [0.4, 0.5) is 5.69 Å². The van der Waals surface area contributed by atoms with Crippen molar-refractivity contribution in [2.24, 2.45) is 5.14 Å². The van der Waals surface area contributed by atoms with E-state index in [0.717, 1.165) is 18.2 Å². The summed E-state index contributed by atoms with van der Waals surface area (Å²) < 4.78 is 45.1. The highest BCUT2D eigenvalue weighted by Crippen LogP contribution is 2.23. The number of nitrogens with zero attached hydrogens (tertiary/aromatic N) is 2. The molecule has 0 saturated heterocycles. The van der Waals surface area contributed by atoms with E-state index in [9.17, 15) is 26.9 Å². The topological polar surface area (TPSA) is 161 Å². The SMILES string of the molecule is N#Cc1ccc(S(=O)(=O)CCS(N)(=O)=O)cc1[N+](=O)[O-]. The Kier molecular flexibility index (Phi) is 4.43. The van der Waals surface area contributed by atoms with E-state index < -0.39 is 46.9 Å². The summed E-state index contributed by atoms with van der Waals surface area (Å²) in [6.45, 7) is 0. The normalized spacial score (nSPS) is 11.8. The molecule has 1 aromatic carbocycles. The van der Waals surface area contributed by atoms with E-state index in [-0.39, 0.29) is 5.56 Å². The number of nitriles is 1. The van der Waals surface area contributed by atoms with E-state index in [0.29, 0.717) is 0 Å². The molecule has 0 aliphatic carbocycles. The minimum atomic E-state index is -4.05. The van der Waals surface area contributed by atoms with Crippen molar-refractivity contribution < 1.29 is 21.8 Å². The Morgan fingerprint density at radius 1 is 1.25 bits per heavy atom. The van der Waals surface area contributed by atoms with Crippen LogP contribution in [-0.2, 0) is 19.9 Å². The lowest BCUT2D eigenvalue weighted by atomic mass is 10.2. The van der Waals surface area contributed by atoms with Crippen molar-refractivity contribution in [3.63, 3.8) is 0 Å². The second kappa shape index (κ2) is 5.53. The first-order valence-electron chi connectivity index (χ1n) is 4.98. The van der Waals surface area contributed by atoms with Crippen LogP contribution < -0.4 is 5.14 Å². The number of rotatable bonds is 5. The van der Waals surface area contributed by atoms with Crippen molar-refractivity contribution in [2.45, 2.75) is 4.90 Å². The smallest absolute Gasteiger partial charge is 0.258 e. The first-order chi connectivity index (χ1) is 9.07. The molecule has 1 rings (SSSR count). The summed E-state index contributed by atoms with van der Waals surface area (Å²) in [5, 5.41) is 24.1. The lowest BCUT2D eigenvalue weighted by Crippen LogP contribution is -2.23. The van der Waals surface area contributed by atoms with Gasteiger partial charge in [0.2, 0.25) is 10.0 Å². The summed E-state index contributed by atoms with van der Waals surface area (Å²) in [5.41, 5.74) is -0.954. The molecule has 9 nitrogen and oxygen atoms in total. The molecule has 0 aliphatic rings. The molecule has 11 heteroatoms. The van der Waals surface area contributed by atoms with E-state index in [1.54, 1.807) is 6.07 Å². The molecule has 0 spiro atoms. The van der Waals surface area contributed by atoms with Gasteiger partial charge in [0, 0.05) is 6.07 Å². The number of hydrogen-bond acceptors (Lipinski definition) is 7. The van der Waals surface area contributed by atoms with E-state index >= 15 is 0 Å². The summed E-state index contributed by atoms with van der Waals surface area (Å²) in [6.07, 6.45) is 0. The maximum Gasteiger partial charge on any atom is 0.288 e. The van der Waals surface area contributed by atoms with Gasteiger partial charge in [-0.3, -0.25) is 10.1 Å². The Hall–Kier alpha value is -2.03. The highest BCUT2D eigenvalue weighted by Gasteiger charge is 2.22. The van der Waals surface area contributed by atoms with Crippen LogP contribution in [0.25, 0.3) is 0 Å². The first-order valence-corrected chi connectivity index (χ1v) is 8.35. The number of nitrogens with two attached hydrogens (primary N) is 1. The predicted molar refractivity (Wildman–Crippen MR) is 67.8 cm³/mol. The van der Waals surface area contributed by atoms with E-state index in [4.69, 9.17) is 10.4 Å². The van der Waals surface area contributed by atoms with E-state index in [1.807, 2.05) is 0 Å². The molecule has 20 heavy (non-hydrogen) atoms. The molecule has 0 aromatic heterocycles. The number of nitro benzene ring substituents is 1. The van der Waals surface area contributed by atoms with Crippen LogP contribution in [0, 0.1) is 21.4 Å². The Morgan fingerprint density at radius 2 is 1.85 bits per heavy atom. The monoisotopic (exact) mass is 319 g/mol. The molecule has 0 bridgehead atoms. The molecule has 0 fully saturated rings. The summed E-state index contributed by atoms with van der Waals surface area (Å²) in [4.78, 5) is 9.39. The molecule has 0 aliphatic heterocycles. The van der Waals surface area contributed by atoms with Gasteiger partial charge in [0.05, 0.1) is 21.3 Å². The maximum absolute atomic E-state index is 11.8. The van der Waals surface area contributed by atoms with Crippen molar-refractivity contribution in [1.29, 1.82) is 5.26 Å². The summed E-state index contributed by atoms with van der Waals surface area (Å²) in [6, 6.07) is 4.27. The second-order valence-corrected chi connectivity index (χ2v) is 7.58. The number of sulfonamides is 1. The van der Waals surface area contributed by atoms with Crippen molar-refractivity contribution in [3.05, 3.63) is 33.9 Å². The number of hydrogen-bond donors (Lipinski definition) is 1. The highest BCUT2D eigenvalue weighted by atomic mass is 32.2. The van der Waals surface area contributed by atoms with Crippen LogP contribution in [-0.4, -0.2) is 33.3 Å². The fraction of sp³-hybridized carbons (Fsp3) is 0.222. The molecule has 0 atom stereocenters. The third-order valence-corrected chi connectivity index (χ3v) is 5.03. The molecule has 0 amide bonds. The fourth-order valence-electron chi connectivity index (χ4n) is 1.29. The number of nitro groups is 1. The highest BCUT2D eigenvalue weighted by molar-refractivity contribution is 7.94. The fourth-order valence-corrected chi connectivity index (χ4v) is 3.90. The molecule has 0 heterocycles. The molecule has 0 radical (unpaired) electrons. The predicted octanol–water partition coefficient (Wildman–Crippen LogP) is -0.471. The third-order valence-electron chi connectivity index (χ3n) is 2.28. The van der Waals surface area contributed by atoms with Crippen molar-refractivity contribution in [1.82, 2.24) is 0 Å². The molecule has 1 aromatic rings. The third kappa shape index (κ3) is 3.98. The Labute approximate surface area is 114 Å². The maximum atomic E-state index is 11.8. The zero-order chi connectivity index (χ0) is 15.6. The van der Waals surface area contributed by atoms with E-state index in [2.05, 4.69) is 0 Å². The second-order valence-electron chi connectivity index (χ2n) is 3.73. The molecule has 2 N–H and O–H groups in total. The van der Waals surface area contributed by atoms with Crippen molar-refractivity contribution in [3.8, 4) is 6.07 Å². The van der Waals surface area contributed by atoms with Crippen LogP contribution in [0.2, 0.25) is 0 Å². The lowest BCUT2D eigenvalue weighted by molar-refractivity contribution is -0.385. The van der Waals surface area contributed by atoms with Gasteiger partial charge in [-0.2, -0.15) is 5.26 Å². The van der Waals surface area contributed by atoms with Gasteiger partial charge in [0.15, 0.2) is 9.84 Å². The van der Waals surface area contributed by atoms with Crippen LogP contribution in [0.15, 0.2) is 23.1 Å². The summed E-state index contributed by atoms with van der Waals surface area (Å²) >= 11 is 0. The standard InChI is InChI=1S/C9H9N3O6S2/c10-6-7-1-2-8(5-9(7)12(13)14)19(15,16)3-4-20(11,17)18/h1-2,5H,3-4H2,(H2,11,17,18). The Bertz CT molecular complexity index is 791. The van der Waals surface area contributed by atoms with Crippen LogP contribution in [0.3, 0.4) is 0 Å². The van der Waals surface area contributed by atoms with Gasteiger partial charge in [-0.25, -0.2) is 22.0 Å². The van der Waals surface area contributed by atoms with Crippen molar-refractivity contribution in [2.75, 3.05) is 11.5 Å². The minimum Gasteiger partial charge on any atom is -0.258 e. The van der Waals surface area contributed by atoms with Crippen LogP contribution in [0.5, 0.6) is 0 Å². The van der Waals surface area contributed by atoms with Gasteiger partial charge >= 0.3 is 0 Å². The number of benzene rings is 1. The molecule has 0 saturated carbocycles. The van der Waals surface area contributed by atoms with Gasteiger partial charge in [-0.15, -0.1) is 0 Å². The van der Waals surface area contributed by atoms with Crippen LogP contribution >= 0.6 is 0 Å². The van der Waals surface area contributed by atoms with Gasteiger partial charge in [-0.05, 0) is 12.1 Å². The van der Waals surface area contributed by atoms with Gasteiger partial charge in [0.25, 0.3) is 5.69 Å². The molecular weight excluding hydrogens is 310 g/mol. The van der Waals surface area contributed by atoms with Gasteiger partial charge < -0.3 is 0 Å². The average molecular weight is 319 g/mol. The first kappa shape index (κ1) is 16.0. The van der Waals surface area contributed by atoms with Crippen molar-refractivity contribution >= 4 is 25.5 Å². The zero-order valence-corrected chi connectivity index (χ0v) is 11.5. The Balaban J connectivity index is 3.24. The largest absolute Gasteiger partial charge is 0.288 e. The average Bonchev–Trinajstić information content (AvgIpc) is 2.35. The molecule has 0 unspecified atom stereocenters. The minimum absolute atomic E-state index is 0.291. The zero-order valence-electron chi connectivity index (χ0n) is 9.88. The quantitative estimate of drug-likeness (QED) is 0.566. The van der Waals surface area contributed by atoms with Crippen LogP contribution in [0.1, 0.15) is 5.56 Å².